The van der Waals surface area contributed by atoms with Gasteiger partial charge in [-0.15, -0.1) is 11.8 Å². The Balaban J connectivity index is 2.27. The van der Waals surface area contributed by atoms with Gasteiger partial charge in [-0.3, -0.25) is 0 Å². The van der Waals surface area contributed by atoms with Crippen molar-refractivity contribution in [2.75, 3.05) is 11.5 Å². The maximum atomic E-state index is 5.34. The Labute approximate surface area is 129 Å². The van der Waals surface area contributed by atoms with E-state index < -0.39 is 0 Å². The van der Waals surface area contributed by atoms with Crippen molar-refractivity contribution in [1.29, 1.82) is 0 Å². The van der Waals surface area contributed by atoms with Gasteiger partial charge in [0.15, 0.2) is 0 Å². The molecule has 1 fully saturated rings. The van der Waals surface area contributed by atoms with Crippen molar-refractivity contribution in [1.82, 2.24) is 9.97 Å². The van der Waals surface area contributed by atoms with Gasteiger partial charge in [-0.2, -0.15) is 11.8 Å². The zero-order valence-electron chi connectivity index (χ0n) is 11.8. The number of hydrogen-bond acceptors (Lipinski definition) is 4. The lowest BCUT2D eigenvalue weighted by Crippen LogP contribution is -2.21. The van der Waals surface area contributed by atoms with Crippen LogP contribution in [0, 0.1) is 10.6 Å². The Morgan fingerprint density at radius 2 is 2.16 bits per heavy atom. The number of hydrogen-bond donors (Lipinski definition) is 1. The van der Waals surface area contributed by atoms with Gasteiger partial charge in [-0.05, 0) is 24.8 Å². The molecule has 1 aliphatic heterocycles. The lowest BCUT2D eigenvalue weighted by molar-refractivity contribution is 0.626. The van der Waals surface area contributed by atoms with E-state index >= 15 is 0 Å². The molecule has 1 saturated heterocycles. The second-order valence-corrected chi connectivity index (χ2v) is 8.35. The van der Waals surface area contributed by atoms with Crippen molar-refractivity contribution in [3.63, 3.8) is 0 Å². The molecule has 2 rings (SSSR count). The Kier molecular flexibility index (Phi) is 5.78. The Morgan fingerprint density at radius 3 is 2.84 bits per heavy atom. The number of nitrogens with one attached hydrogen (secondary N) is 1. The molecule has 2 unspecified atom stereocenters. The number of aromatic amines is 1. The largest absolute Gasteiger partial charge is 0.346 e. The van der Waals surface area contributed by atoms with Gasteiger partial charge in [0, 0.05) is 22.4 Å². The molecule has 0 aromatic carbocycles. The summed E-state index contributed by atoms with van der Waals surface area (Å²) >= 11 is 9.44. The van der Waals surface area contributed by atoms with Gasteiger partial charge >= 0.3 is 0 Å². The van der Waals surface area contributed by atoms with Gasteiger partial charge in [-0.1, -0.05) is 33.0 Å². The molecule has 0 spiro atoms. The number of H-pyrrole nitrogens is 1. The van der Waals surface area contributed by atoms with Crippen molar-refractivity contribution in [3.8, 4) is 0 Å². The van der Waals surface area contributed by atoms with Gasteiger partial charge in [0.05, 0.1) is 5.25 Å². The van der Waals surface area contributed by atoms with Crippen molar-refractivity contribution in [2.24, 2.45) is 5.92 Å². The van der Waals surface area contributed by atoms with Crippen LogP contribution in [-0.4, -0.2) is 26.7 Å². The van der Waals surface area contributed by atoms with Crippen LogP contribution in [0.25, 0.3) is 0 Å². The van der Waals surface area contributed by atoms with Crippen LogP contribution in [-0.2, 0) is 6.42 Å². The average Bonchev–Trinajstić information content (AvgIpc) is 2.37. The van der Waals surface area contributed by atoms with Crippen molar-refractivity contribution in [2.45, 2.75) is 44.1 Å². The molecular weight excluding hydrogens is 292 g/mol. The summed E-state index contributed by atoms with van der Waals surface area (Å²) in [6.07, 6.45) is 2.24. The highest BCUT2D eigenvalue weighted by atomic mass is 32.2. The second-order valence-electron chi connectivity index (χ2n) is 5.34. The first-order chi connectivity index (χ1) is 9.10. The first kappa shape index (κ1) is 15.4. The third kappa shape index (κ3) is 4.23. The molecule has 0 bridgehead atoms. The number of thioether (sulfide) groups is 2. The second kappa shape index (κ2) is 7.14. The summed E-state index contributed by atoms with van der Waals surface area (Å²) in [5.74, 6) is 4.19. The zero-order valence-corrected chi connectivity index (χ0v) is 14.3. The predicted octanol–water partition coefficient (Wildman–Crippen LogP) is 4.64. The lowest BCUT2D eigenvalue weighted by atomic mass is 10.1. The molecule has 1 aromatic rings. The first-order valence-electron chi connectivity index (χ1n) is 6.93. The van der Waals surface area contributed by atoms with Gasteiger partial charge < -0.3 is 4.98 Å². The number of aromatic nitrogens is 2. The van der Waals surface area contributed by atoms with Crippen LogP contribution >= 0.6 is 35.7 Å². The molecule has 1 aromatic heterocycles. The van der Waals surface area contributed by atoms with E-state index in [-0.39, 0.29) is 0 Å². The fourth-order valence-corrected chi connectivity index (χ4v) is 5.62. The van der Waals surface area contributed by atoms with Gasteiger partial charge in [0.1, 0.15) is 10.5 Å². The van der Waals surface area contributed by atoms with Crippen LogP contribution in [0.5, 0.6) is 0 Å². The van der Waals surface area contributed by atoms with Crippen LogP contribution in [0.3, 0.4) is 0 Å². The molecule has 2 heterocycles. The number of nitrogens with zero attached hydrogens (tertiary/aromatic N) is 1. The van der Waals surface area contributed by atoms with E-state index in [1.807, 2.05) is 17.8 Å². The monoisotopic (exact) mass is 314 g/mol. The highest BCUT2D eigenvalue weighted by Crippen LogP contribution is 2.42. The Hall–Kier alpha value is -0.0000000000000000555. The minimum absolute atomic E-state index is 0.470. The van der Waals surface area contributed by atoms with Crippen LogP contribution in [0.1, 0.15) is 44.0 Å². The summed E-state index contributed by atoms with van der Waals surface area (Å²) < 4.78 is 0.732. The van der Waals surface area contributed by atoms with E-state index in [1.165, 1.54) is 23.6 Å². The first-order valence-corrected chi connectivity index (χ1v) is 9.44. The molecule has 1 N–H and O–H groups in total. The van der Waals surface area contributed by atoms with Gasteiger partial charge in [0.2, 0.25) is 0 Å². The quantitative estimate of drug-likeness (QED) is 0.820. The minimum Gasteiger partial charge on any atom is -0.346 e. The minimum atomic E-state index is 0.470. The molecule has 2 nitrogen and oxygen atoms in total. The summed E-state index contributed by atoms with van der Waals surface area (Å²) in [5, 5.41) is 1.13. The zero-order chi connectivity index (χ0) is 13.8. The maximum Gasteiger partial charge on any atom is 0.130 e. The summed E-state index contributed by atoms with van der Waals surface area (Å²) in [5.41, 5.74) is 1.23. The van der Waals surface area contributed by atoms with Gasteiger partial charge in [0.25, 0.3) is 0 Å². The standard InChI is InChI=1S/C14H22N2S3/c1-4-11-13(19-6-5-18-11)14-15-10(7-9(2)3)8-12(17)16-14/h8-9,11,13H,4-7H2,1-3H3,(H,15,16,17). The van der Waals surface area contributed by atoms with Crippen LogP contribution in [0.4, 0.5) is 0 Å². The van der Waals surface area contributed by atoms with E-state index in [9.17, 15) is 0 Å². The molecule has 5 heteroatoms. The smallest absolute Gasteiger partial charge is 0.130 e. The molecule has 1 aliphatic rings. The predicted molar refractivity (Wildman–Crippen MR) is 89.7 cm³/mol. The van der Waals surface area contributed by atoms with Gasteiger partial charge in [-0.25, -0.2) is 4.98 Å². The van der Waals surface area contributed by atoms with Crippen LogP contribution in [0.15, 0.2) is 6.07 Å². The van der Waals surface area contributed by atoms with Crippen molar-refractivity contribution >= 4 is 35.7 Å². The van der Waals surface area contributed by atoms with Crippen molar-refractivity contribution < 1.29 is 0 Å². The summed E-state index contributed by atoms with van der Waals surface area (Å²) in [4.78, 5) is 8.13. The van der Waals surface area contributed by atoms with E-state index in [0.29, 0.717) is 16.4 Å². The fraction of sp³-hybridized carbons (Fsp3) is 0.714. The van der Waals surface area contributed by atoms with Crippen molar-refractivity contribution in [3.05, 3.63) is 22.2 Å². The van der Waals surface area contributed by atoms with Crippen LogP contribution < -0.4 is 0 Å². The molecule has 106 valence electrons. The Bertz CT molecular complexity index is 470. The van der Waals surface area contributed by atoms with Crippen LogP contribution in [0.2, 0.25) is 0 Å². The Morgan fingerprint density at radius 1 is 1.42 bits per heavy atom. The molecule has 0 radical (unpaired) electrons. The lowest BCUT2D eigenvalue weighted by Gasteiger charge is -2.29. The molecule has 0 amide bonds. The fourth-order valence-electron chi connectivity index (χ4n) is 2.37. The molecule has 0 aliphatic carbocycles. The third-order valence-electron chi connectivity index (χ3n) is 3.17. The summed E-state index contributed by atoms with van der Waals surface area (Å²) in [6.45, 7) is 6.73. The molecule has 19 heavy (non-hydrogen) atoms. The number of rotatable bonds is 4. The molecule has 2 atom stereocenters. The summed E-state index contributed by atoms with van der Waals surface area (Å²) in [7, 11) is 0. The normalized spacial score (nSPS) is 23.8. The molecular formula is C14H22N2S3. The topological polar surface area (TPSA) is 28.7 Å². The highest BCUT2D eigenvalue weighted by Gasteiger charge is 2.28. The van der Waals surface area contributed by atoms with E-state index in [1.54, 1.807) is 0 Å². The third-order valence-corrected chi connectivity index (χ3v) is 6.63. The highest BCUT2D eigenvalue weighted by molar-refractivity contribution is 8.06. The van der Waals surface area contributed by atoms with E-state index in [4.69, 9.17) is 12.2 Å². The van der Waals surface area contributed by atoms with E-state index in [2.05, 4.69) is 42.5 Å². The van der Waals surface area contributed by atoms with E-state index in [0.717, 1.165) is 16.9 Å². The average molecular weight is 315 g/mol. The molecule has 0 saturated carbocycles. The summed E-state index contributed by atoms with van der Waals surface area (Å²) in [6, 6.07) is 2.01. The SMILES string of the molecule is CCC1SCCSC1c1nc(=S)cc(CC(C)C)[nH]1. The maximum absolute atomic E-state index is 5.34.